The third-order valence-corrected chi connectivity index (χ3v) is 6.06. The van der Waals surface area contributed by atoms with Crippen molar-refractivity contribution in [3.8, 4) is 17.1 Å². The van der Waals surface area contributed by atoms with Crippen molar-refractivity contribution >= 4 is 34.2 Å². The van der Waals surface area contributed by atoms with Gasteiger partial charge in [0.05, 0.1) is 5.39 Å². The van der Waals surface area contributed by atoms with E-state index in [0.29, 0.717) is 39.4 Å². The summed E-state index contributed by atoms with van der Waals surface area (Å²) in [6, 6.07) is 21.7. The zero-order valence-electron chi connectivity index (χ0n) is 20.2. The molecule has 5 nitrogen and oxygen atoms in total. The largest absolute Gasteiger partial charge is 0.473 e. The lowest BCUT2D eigenvalue weighted by Gasteiger charge is -2.20. The first-order valence-electron chi connectivity index (χ1n) is 11.6. The third-order valence-electron chi connectivity index (χ3n) is 5.80. The van der Waals surface area contributed by atoms with Gasteiger partial charge in [-0.05, 0) is 53.8 Å². The summed E-state index contributed by atoms with van der Waals surface area (Å²) < 4.78 is 12.3. The number of hydrogen-bond donors (Lipinski definition) is 1. The number of anilines is 1. The molecule has 0 saturated carbocycles. The number of para-hydroxylation sites is 1. The average Bonchev–Trinajstić information content (AvgIpc) is 2.84. The van der Waals surface area contributed by atoms with Crippen LogP contribution < -0.4 is 15.5 Å². The van der Waals surface area contributed by atoms with E-state index in [4.69, 9.17) is 20.8 Å². The van der Waals surface area contributed by atoms with Crippen molar-refractivity contribution in [3.63, 3.8) is 0 Å². The van der Waals surface area contributed by atoms with Crippen LogP contribution in [-0.2, 0) is 10.2 Å². The number of ether oxygens (including phenoxy) is 1. The SMILES string of the molecule is CCC(Oc1c(-c2ccc(C(C)(C)C)cc2)oc2ccccc2c1=O)C(=O)Nc1ccc(Cl)cc1. The van der Waals surface area contributed by atoms with Gasteiger partial charge in [0.2, 0.25) is 11.2 Å². The molecule has 1 N–H and O–H groups in total. The molecule has 3 aromatic carbocycles. The van der Waals surface area contributed by atoms with Crippen molar-refractivity contribution in [3.05, 3.63) is 93.6 Å². The van der Waals surface area contributed by atoms with E-state index in [1.807, 2.05) is 37.3 Å². The predicted octanol–water partition coefficient (Wildman–Crippen LogP) is 7.21. The summed E-state index contributed by atoms with van der Waals surface area (Å²) in [5.41, 5.74) is 2.56. The van der Waals surface area contributed by atoms with Crippen molar-refractivity contribution in [2.75, 3.05) is 5.32 Å². The average molecular weight is 490 g/mol. The molecule has 35 heavy (non-hydrogen) atoms. The summed E-state index contributed by atoms with van der Waals surface area (Å²) in [4.78, 5) is 26.5. The molecule has 0 aliphatic heterocycles. The topological polar surface area (TPSA) is 68.5 Å². The van der Waals surface area contributed by atoms with Crippen LogP contribution >= 0.6 is 11.6 Å². The van der Waals surface area contributed by atoms with Crippen LogP contribution in [0.15, 0.2) is 82.0 Å². The number of hydrogen-bond acceptors (Lipinski definition) is 4. The van der Waals surface area contributed by atoms with E-state index < -0.39 is 6.10 Å². The Kier molecular flexibility index (Phi) is 6.99. The number of carbonyl (C=O) groups excluding carboxylic acids is 1. The van der Waals surface area contributed by atoms with Crippen LogP contribution in [-0.4, -0.2) is 12.0 Å². The van der Waals surface area contributed by atoms with E-state index in [9.17, 15) is 9.59 Å². The lowest BCUT2D eigenvalue weighted by atomic mass is 9.86. The Bertz CT molecular complexity index is 1400. The Labute approximate surface area is 209 Å². The van der Waals surface area contributed by atoms with Gasteiger partial charge in [0, 0.05) is 16.3 Å². The molecule has 4 rings (SSSR count). The molecule has 0 bridgehead atoms. The van der Waals surface area contributed by atoms with Crippen LogP contribution in [0.1, 0.15) is 39.7 Å². The maximum atomic E-state index is 13.5. The van der Waals surface area contributed by atoms with Gasteiger partial charge in [0.15, 0.2) is 11.9 Å². The number of amides is 1. The predicted molar refractivity (Wildman–Crippen MR) is 141 cm³/mol. The lowest BCUT2D eigenvalue weighted by Crippen LogP contribution is -2.34. The fourth-order valence-electron chi connectivity index (χ4n) is 3.76. The molecular weight excluding hydrogens is 462 g/mol. The van der Waals surface area contributed by atoms with E-state index in [1.165, 1.54) is 0 Å². The molecule has 0 fully saturated rings. The fraction of sp³-hybridized carbons (Fsp3) is 0.241. The van der Waals surface area contributed by atoms with Crippen LogP contribution in [0.4, 0.5) is 5.69 Å². The van der Waals surface area contributed by atoms with Crippen molar-refractivity contribution in [2.45, 2.75) is 45.6 Å². The Morgan fingerprint density at radius 1 is 1.00 bits per heavy atom. The molecule has 4 aromatic rings. The maximum absolute atomic E-state index is 13.5. The van der Waals surface area contributed by atoms with Gasteiger partial charge in [0.1, 0.15) is 5.58 Å². The van der Waals surface area contributed by atoms with Crippen LogP contribution in [0.2, 0.25) is 5.02 Å². The summed E-state index contributed by atoms with van der Waals surface area (Å²) in [5, 5.41) is 3.79. The second kappa shape index (κ2) is 9.96. The molecule has 0 radical (unpaired) electrons. The fourth-order valence-corrected chi connectivity index (χ4v) is 3.89. The summed E-state index contributed by atoms with van der Waals surface area (Å²) in [7, 11) is 0. The molecule has 1 atom stereocenters. The van der Waals surface area contributed by atoms with Crippen molar-refractivity contribution in [1.29, 1.82) is 0 Å². The van der Waals surface area contributed by atoms with Gasteiger partial charge in [-0.25, -0.2) is 0 Å². The minimum Gasteiger partial charge on any atom is -0.473 e. The normalized spacial score (nSPS) is 12.4. The number of fused-ring (bicyclic) bond motifs is 1. The molecule has 0 spiro atoms. The molecule has 1 heterocycles. The molecule has 6 heteroatoms. The second-order valence-corrected chi connectivity index (χ2v) is 9.86. The molecule has 1 aromatic heterocycles. The number of carbonyl (C=O) groups is 1. The summed E-state index contributed by atoms with van der Waals surface area (Å²) >= 11 is 5.94. The Hall–Kier alpha value is -3.57. The number of rotatable bonds is 6. The smallest absolute Gasteiger partial charge is 0.265 e. The molecule has 1 amide bonds. The Morgan fingerprint density at radius 3 is 2.29 bits per heavy atom. The monoisotopic (exact) mass is 489 g/mol. The summed E-state index contributed by atoms with van der Waals surface area (Å²) in [6.45, 7) is 8.24. The molecule has 0 aliphatic carbocycles. The van der Waals surface area contributed by atoms with E-state index in [2.05, 4.69) is 26.1 Å². The second-order valence-electron chi connectivity index (χ2n) is 9.42. The third kappa shape index (κ3) is 5.41. The highest BCUT2D eigenvalue weighted by Crippen LogP contribution is 2.33. The first-order chi connectivity index (χ1) is 16.7. The number of halogens is 1. The first kappa shape index (κ1) is 24.6. The van der Waals surface area contributed by atoms with Crippen LogP contribution in [0.3, 0.4) is 0 Å². The molecule has 0 aliphatic rings. The zero-order chi connectivity index (χ0) is 25.2. The van der Waals surface area contributed by atoms with E-state index in [-0.39, 0.29) is 22.5 Å². The minimum absolute atomic E-state index is 0.0187. The van der Waals surface area contributed by atoms with Crippen LogP contribution in [0.25, 0.3) is 22.3 Å². The summed E-state index contributed by atoms with van der Waals surface area (Å²) in [5.74, 6) is -0.0476. The van der Waals surface area contributed by atoms with Crippen LogP contribution in [0, 0.1) is 0 Å². The van der Waals surface area contributed by atoms with Gasteiger partial charge in [-0.3, -0.25) is 9.59 Å². The van der Waals surface area contributed by atoms with Gasteiger partial charge in [-0.1, -0.05) is 75.7 Å². The van der Waals surface area contributed by atoms with Gasteiger partial charge in [-0.15, -0.1) is 0 Å². The highest BCUT2D eigenvalue weighted by molar-refractivity contribution is 6.30. The molecule has 180 valence electrons. The highest BCUT2D eigenvalue weighted by atomic mass is 35.5. The molecule has 0 saturated heterocycles. The van der Waals surface area contributed by atoms with E-state index in [0.717, 1.165) is 5.56 Å². The first-order valence-corrected chi connectivity index (χ1v) is 11.9. The van der Waals surface area contributed by atoms with Crippen molar-refractivity contribution < 1.29 is 13.9 Å². The standard InChI is InChI=1S/C29H28ClNO4/c1-5-23(28(33)31-21-16-14-20(30)15-17-21)34-27-25(32)22-8-6-7-9-24(22)35-26(27)18-10-12-19(13-11-18)29(2,3)4/h6-17,23H,5H2,1-4H3,(H,31,33). The van der Waals surface area contributed by atoms with Crippen LogP contribution in [0.5, 0.6) is 5.75 Å². The zero-order valence-corrected chi connectivity index (χ0v) is 21.0. The Balaban J connectivity index is 1.75. The number of benzene rings is 3. The lowest BCUT2D eigenvalue weighted by molar-refractivity contribution is -0.122. The van der Waals surface area contributed by atoms with Gasteiger partial charge < -0.3 is 14.5 Å². The van der Waals surface area contributed by atoms with Gasteiger partial charge in [0.25, 0.3) is 5.91 Å². The van der Waals surface area contributed by atoms with E-state index in [1.54, 1.807) is 42.5 Å². The van der Waals surface area contributed by atoms with Crippen molar-refractivity contribution in [2.24, 2.45) is 0 Å². The Morgan fingerprint density at radius 2 is 1.66 bits per heavy atom. The minimum atomic E-state index is -0.901. The molecular formula is C29H28ClNO4. The quantitative estimate of drug-likeness (QED) is 0.310. The van der Waals surface area contributed by atoms with E-state index >= 15 is 0 Å². The number of nitrogens with one attached hydrogen (secondary N) is 1. The summed E-state index contributed by atoms with van der Waals surface area (Å²) in [6.07, 6.45) is -0.545. The maximum Gasteiger partial charge on any atom is 0.265 e. The molecule has 1 unspecified atom stereocenters. The van der Waals surface area contributed by atoms with Crippen molar-refractivity contribution in [1.82, 2.24) is 0 Å². The highest BCUT2D eigenvalue weighted by Gasteiger charge is 2.25. The van der Waals surface area contributed by atoms with Gasteiger partial charge >= 0.3 is 0 Å². The van der Waals surface area contributed by atoms with Gasteiger partial charge in [-0.2, -0.15) is 0 Å².